The van der Waals surface area contributed by atoms with Gasteiger partial charge in [-0.25, -0.2) is 0 Å². The van der Waals surface area contributed by atoms with E-state index in [1.54, 1.807) is 0 Å². The molecule has 1 unspecified atom stereocenters. The van der Waals surface area contributed by atoms with Crippen molar-refractivity contribution in [2.75, 3.05) is 25.0 Å². The van der Waals surface area contributed by atoms with Crippen LogP contribution in [0.4, 0.5) is 5.69 Å². The average molecular weight is 291 g/mol. The summed E-state index contributed by atoms with van der Waals surface area (Å²) in [6.45, 7) is 6.01. The number of hydrogen-bond donors (Lipinski definition) is 2. The monoisotopic (exact) mass is 291 g/mol. The van der Waals surface area contributed by atoms with Crippen molar-refractivity contribution in [2.45, 2.75) is 57.6 Å². The summed E-state index contributed by atoms with van der Waals surface area (Å²) >= 11 is 0. The predicted molar refractivity (Wildman–Crippen MR) is 87.6 cm³/mol. The number of anilines is 1. The normalized spacial score (nSPS) is 18.7. The molecule has 0 amide bonds. The first-order valence-corrected chi connectivity index (χ1v) is 8.17. The average Bonchev–Trinajstić information content (AvgIpc) is 2.91. The maximum absolute atomic E-state index is 10.5. The van der Waals surface area contributed by atoms with Crippen LogP contribution in [0, 0.1) is 0 Å². The molecule has 21 heavy (non-hydrogen) atoms. The van der Waals surface area contributed by atoms with Crippen molar-refractivity contribution >= 4 is 5.69 Å². The van der Waals surface area contributed by atoms with E-state index in [2.05, 4.69) is 41.2 Å². The van der Waals surface area contributed by atoms with Crippen LogP contribution in [0.1, 0.15) is 57.7 Å². The molecule has 0 bridgehead atoms. The van der Waals surface area contributed by atoms with Gasteiger partial charge in [-0.05, 0) is 44.9 Å². The van der Waals surface area contributed by atoms with E-state index in [9.17, 15) is 5.11 Å². The Morgan fingerprint density at radius 2 is 2.10 bits per heavy atom. The second-order valence-electron chi connectivity index (χ2n) is 6.40. The van der Waals surface area contributed by atoms with Crippen LogP contribution in [-0.2, 0) is 0 Å². The lowest BCUT2D eigenvalue weighted by atomic mass is 10.0. The molecule has 0 spiro atoms. The molecule has 1 atom stereocenters. The summed E-state index contributed by atoms with van der Waals surface area (Å²) in [5.74, 6) is 0. The van der Waals surface area contributed by atoms with Gasteiger partial charge in [-0.2, -0.15) is 0 Å². The van der Waals surface area contributed by atoms with Gasteiger partial charge in [0.15, 0.2) is 0 Å². The topological polar surface area (TPSA) is 48.4 Å². The minimum Gasteiger partial charge on any atom is -0.388 e. The highest BCUT2D eigenvalue weighted by atomic mass is 16.3. The number of aliphatic hydroxyl groups is 1. The lowest BCUT2D eigenvalue weighted by molar-refractivity contribution is 0.0559. The number of rotatable bonds is 7. The van der Waals surface area contributed by atoms with Crippen molar-refractivity contribution in [3.63, 3.8) is 0 Å². The first-order valence-electron chi connectivity index (χ1n) is 8.17. The maximum Gasteiger partial charge on any atom is 0.0821 e. The van der Waals surface area contributed by atoms with Crippen molar-refractivity contribution in [3.05, 3.63) is 24.0 Å². The molecule has 0 aromatic carbocycles. The molecule has 1 fully saturated rings. The number of nitrogens with one attached hydrogen (secondary N) is 1. The van der Waals surface area contributed by atoms with Gasteiger partial charge in [0.25, 0.3) is 0 Å². The van der Waals surface area contributed by atoms with Crippen LogP contribution in [0.2, 0.25) is 0 Å². The van der Waals surface area contributed by atoms with E-state index in [4.69, 9.17) is 0 Å². The molecule has 2 N–H and O–H groups in total. The Balaban J connectivity index is 1.94. The predicted octanol–water partition coefficient (Wildman–Crippen LogP) is 2.88. The van der Waals surface area contributed by atoms with E-state index in [1.165, 1.54) is 0 Å². The van der Waals surface area contributed by atoms with Crippen LogP contribution in [0.25, 0.3) is 0 Å². The van der Waals surface area contributed by atoms with Crippen molar-refractivity contribution in [1.82, 2.24) is 10.3 Å². The van der Waals surface area contributed by atoms with Gasteiger partial charge in [0.05, 0.1) is 23.2 Å². The largest absolute Gasteiger partial charge is 0.388 e. The van der Waals surface area contributed by atoms with E-state index in [0.29, 0.717) is 6.54 Å². The van der Waals surface area contributed by atoms with Gasteiger partial charge in [0.1, 0.15) is 0 Å². The molecule has 2 rings (SSSR count). The van der Waals surface area contributed by atoms with E-state index in [1.807, 2.05) is 13.2 Å². The molecule has 1 aromatic rings. The highest BCUT2D eigenvalue weighted by molar-refractivity contribution is 5.44. The second kappa shape index (κ2) is 7.23. The lowest BCUT2D eigenvalue weighted by Gasteiger charge is -2.30. The number of pyridine rings is 1. The molecular formula is C17H29N3O. The lowest BCUT2D eigenvalue weighted by Crippen LogP contribution is -2.39. The Hall–Kier alpha value is -1.13. The smallest absolute Gasteiger partial charge is 0.0821 e. The SMILES string of the molecule is CCCNC(C)c1ccc(N(C)CC2(O)CCCC2)cn1. The zero-order chi connectivity index (χ0) is 15.3. The minimum absolute atomic E-state index is 0.281. The van der Waals surface area contributed by atoms with Gasteiger partial charge >= 0.3 is 0 Å². The molecule has 4 nitrogen and oxygen atoms in total. The molecule has 1 heterocycles. The standard InChI is InChI=1S/C17H29N3O/c1-4-11-18-14(2)16-8-7-15(12-19-16)20(3)13-17(21)9-5-6-10-17/h7-8,12,14,18,21H,4-6,9-11,13H2,1-3H3. The Bertz CT molecular complexity index is 426. The number of likely N-dealkylation sites (N-methyl/N-ethyl adjacent to an activating group) is 1. The number of hydrogen-bond acceptors (Lipinski definition) is 4. The van der Waals surface area contributed by atoms with Gasteiger partial charge in [-0.3, -0.25) is 4.98 Å². The fourth-order valence-corrected chi connectivity index (χ4v) is 3.07. The molecule has 0 radical (unpaired) electrons. The summed E-state index contributed by atoms with van der Waals surface area (Å²) in [7, 11) is 2.03. The second-order valence-corrected chi connectivity index (χ2v) is 6.40. The molecule has 118 valence electrons. The maximum atomic E-state index is 10.5. The van der Waals surface area contributed by atoms with E-state index < -0.39 is 5.60 Å². The number of aromatic nitrogens is 1. The Kier molecular flexibility index (Phi) is 5.59. The van der Waals surface area contributed by atoms with E-state index in [-0.39, 0.29) is 6.04 Å². The Labute approximate surface area is 128 Å². The van der Waals surface area contributed by atoms with E-state index >= 15 is 0 Å². The summed E-state index contributed by atoms with van der Waals surface area (Å²) < 4.78 is 0. The molecule has 1 aliphatic rings. The fourth-order valence-electron chi connectivity index (χ4n) is 3.07. The minimum atomic E-state index is -0.511. The van der Waals surface area contributed by atoms with Gasteiger partial charge in [0, 0.05) is 19.6 Å². The van der Waals surface area contributed by atoms with Crippen LogP contribution >= 0.6 is 0 Å². The highest BCUT2D eigenvalue weighted by Gasteiger charge is 2.32. The molecule has 4 heteroatoms. The van der Waals surface area contributed by atoms with Crippen LogP contribution in [0.15, 0.2) is 18.3 Å². The summed E-state index contributed by atoms with van der Waals surface area (Å²) in [5, 5.41) is 13.9. The molecule has 0 saturated heterocycles. The third kappa shape index (κ3) is 4.42. The molecular weight excluding hydrogens is 262 g/mol. The molecule has 1 aromatic heterocycles. The third-order valence-corrected chi connectivity index (χ3v) is 4.42. The van der Waals surface area contributed by atoms with Gasteiger partial charge in [-0.15, -0.1) is 0 Å². The third-order valence-electron chi connectivity index (χ3n) is 4.42. The summed E-state index contributed by atoms with van der Waals surface area (Å²) in [6.07, 6.45) is 7.16. The quantitative estimate of drug-likeness (QED) is 0.811. The van der Waals surface area contributed by atoms with Crippen LogP contribution in [0.5, 0.6) is 0 Å². The summed E-state index contributed by atoms with van der Waals surface area (Å²) in [4.78, 5) is 6.68. The van der Waals surface area contributed by atoms with Crippen LogP contribution in [0.3, 0.4) is 0 Å². The highest BCUT2D eigenvalue weighted by Crippen LogP contribution is 2.31. The Morgan fingerprint density at radius 1 is 1.38 bits per heavy atom. The first kappa shape index (κ1) is 16.2. The zero-order valence-electron chi connectivity index (χ0n) is 13.6. The molecule has 0 aliphatic heterocycles. The first-order chi connectivity index (χ1) is 10.0. The van der Waals surface area contributed by atoms with Crippen LogP contribution in [-0.4, -0.2) is 35.8 Å². The Morgan fingerprint density at radius 3 is 2.67 bits per heavy atom. The van der Waals surface area contributed by atoms with E-state index in [0.717, 1.165) is 50.0 Å². The molecule has 1 aliphatic carbocycles. The fraction of sp³-hybridized carbons (Fsp3) is 0.706. The van der Waals surface area contributed by atoms with Crippen molar-refractivity contribution in [1.29, 1.82) is 0 Å². The summed E-state index contributed by atoms with van der Waals surface area (Å²) in [5.41, 5.74) is 1.63. The van der Waals surface area contributed by atoms with Crippen molar-refractivity contribution in [2.24, 2.45) is 0 Å². The zero-order valence-corrected chi connectivity index (χ0v) is 13.6. The van der Waals surface area contributed by atoms with Gasteiger partial charge in [-0.1, -0.05) is 19.8 Å². The van der Waals surface area contributed by atoms with Crippen LogP contribution < -0.4 is 10.2 Å². The number of nitrogens with zero attached hydrogens (tertiary/aromatic N) is 2. The van der Waals surface area contributed by atoms with Crippen molar-refractivity contribution < 1.29 is 5.11 Å². The molecule has 1 saturated carbocycles. The van der Waals surface area contributed by atoms with Gasteiger partial charge in [0.2, 0.25) is 0 Å². The summed E-state index contributed by atoms with van der Waals surface area (Å²) in [6, 6.07) is 4.46. The van der Waals surface area contributed by atoms with Gasteiger partial charge < -0.3 is 15.3 Å². The van der Waals surface area contributed by atoms with Crippen molar-refractivity contribution in [3.8, 4) is 0 Å².